The van der Waals surface area contributed by atoms with Crippen molar-refractivity contribution < 1.29 is 4.39 Å². The molecule has 92 valence electrons. The Bertz CT molecular complexity index is 726. The van der Waals surface area contributed by atoms with Gasteiger partial charge in [0.05, 0.1) is 11.8 Å². The average Bonchev–Trinajstić information content (AvgIpc) is 2.95. The van der Waals surface area contributed by atoms with Gasteiger partial charge < -0.3 is 14.1 Å². The zero-order chi connectivity index (χ0) is 12.5. The summed E-state index contributed by atoms with van der Waals surface area (Å²) in [5.41, 5.74) is 1.26. The summed E-state index contributed by atoms with van der Waals surface area (Å²) in [5.74, 6) is -0.278. The zero-order valence-electron chi connectivity index (χ0n) is 9.51. The molecule has 0 atom stereocenters. The third-order valence-electron chi connectivity index (χ3n) is 2.90. The van der Waals surface area contributed by atoms with Gasteiger partial charge in [-0.2, -0.15) is 0 Å². The maximum Gasteiger partial charge on any atom is 0.178 e. The molecule has 0 amide bonds. The highest BCUT2D eigenvalue weighted by Gasteiger charge is 2.07. The Hall–Kier alpha value is -1.95. The maximum absolute atomic E-state index is 13.6. The summed E-state index contributed by atoms with van der Waals surface area (Å²) in [6.07, 6.45) is 5.37. The van der Waals surface area contributed by atoms with Crippen LogP contribution >= 0.6 is 12.2 Å². The summed E-state index contributed by atoms with van der Waals surface area (Å²) < 4.78 is 18.0. The predicted octanol–water partition coefficient (Wildman–Crippen LogP) is 2.73. The molecule has 0 fully saturated rings. The fraction of sp³-hybridized carbons (Fsp3) is 0.167. The van der Waals surface area contributed by atoms with Gasteiger partial charge in [-0.1, -0.05) is 6.07 Å². The van der Waals surface area contributed by atoms with E-state index in [1.54, 1.807) is 18.6 Å². The number of rotatable bonds is 3. The lowest BCUT2D eigenvalue weighted by molar-refractivity contribution is 0.584. The van der Waals surface area contributed by atoms with Gasteiger partial charge in [0.25, 0.3) is 0 Å². The first-order chi connectivity index (χ1) is 8.75. The van der Waals surface area contributed by atoms with Crippen LogP contribution in [0.25, 0.3) is 11.0 Å². The van der Waals surface area contributed by atoms with Crippen molar-refractivity contribution in [2.45, 2.75) is 13.1 Å². The van der Waals surface area contributed by atoms with Crippen LogP contribution in [0.2, 0.25) is 0 Å². The van der Waals surface area contributed by atoms with Crippen molar-refractivity contribution in [1.29, 1.82) is 0 Å². The molecular weight excluding hydrogens is 251 g/mol. The molecule has 3 aromatic rings. The van der Waals surface area contributed by atoms with E-state index in [-0.39, 0.29) is 5.82 Å². The molecule has 0 saturated heterocycles. The Kier molecular flexibility index (Phi) is 2.71. The van der Waals surface area contributed by atoms with Gasteiger partial charge in [0, 0.05) is 25.5 Å². The van der Waals surface area contributed by atoms with Gasteiger partial charge in [0.1, 0.15) is 11.3 Å². The number of aryl methyl sites for hydroxylation is 2. The molecule has 0 radical (unpaired) electrons. The van der Waals surface area contributed by atoms with Crippen LogP contribution in [0, 0.1) is 10.6 Å². The third-order valence-corrected chi connectivity index (χ3v) is 3.22. The van der Waals surface area contributed by atoms with Crippen molar-refractivity contribution in [3.63, 3.8) is 0 Å². The Labute approximate surface area is 108 Å². The lowest BCUT2D eigenvalue weighted by Crippen LogP contribution is -2.05. The summed E-state index contributed by atoms with van der Waals surface area (Å²) in [5, 5.41) is 0. The highest BCUT2D eigenvalue weighted by Crippen LogP contribution is 2.17. The summed E-state index contributed by atoms with van der Waals surface area (Å²) in [4.78, 5) is 6.88. The number of hydrogen-bond acceptors (Lipinski definition) is 2. The van der Waals surface area contributed by atoms with Crippen LogP contribution < -0.4 is 0 Å². The van der Waals surface area contributed by atoms with Crippen LogP contribution in [0.3, 0.4) is 0 Å². The smallest absolute Gasteiger partial charge is 0.178 e. The van der Waals surface area contributed by atoms with Gasteiger partial charge in [-0.15, -0.1) is 0 Å². The molecular formula is C12H11FN4S. The first kappa shape index (κ1) is 11.2. The largest absolute Gasteiger partial charge is 0.336 e. The van der Waals surface area contributed by atoms with Crippen LogP contribution in [-0.4, -0.2) is 19.1 Å². The molecule has 2 aromatic heterocycles. The minimum atomic E-state index is -0.278. The van der Waals surface area contributed by atoms with Crippen LogP contribution in [0.5, 0.6) is 0 Å². The van der Waals surface area contributed by atoms with E-state index >= 15 is 0 Å². The van der Waals surface area contributed by atoms with Crippen LogP contribution in [-0.2, 0) is 13.1 Å². The van der Waals surface area contributed by atoms with Gasteiger partial charge in [-0.05, 0) is 24.4 Å². The number of aromatic amines is 1. The lowest BCUT2D eigenvalue weighted by atomic mass is 10.3. The van der Waals surface area contributed by atoms with Gasteiger partial charge in [-0.3, -0.25) is 0 Å². The number of fused-ring (bicyclic) bond motifs is 1. The number of halogens is 1. The SMILES string of the molecule is Fc1cccc2c1[nH]c(=S)n2CCn1ccnc1. The number of nitrogens with zero attached hydrogens (tertiary/aromatic N) is 3. The van der Waals surface area contributed by atoms with E-state index in [1.165, 1.54) is 6.07 Å². The van der Waals surface area contributed by atoms with Crippen molar-refractivity contribution >= 4 is 23.3 Å². The first-order valence-electron chi connectivity index (χ1n) is 5.58. The molecule has 18 heavy (non-hydrogen) atoms. The second kappa shape index (κ2) is 4.38. The van der Waals surface area contributed by atoms with Crippen molar-refractivity contribution in [2.75, 3.05) is 0 Å². The van der Waals surface area contributed by atoms with Crippen molar-refractivity contribution in [3.8, 4) is 0 Å². The molecule has 4 nitrogen and oxygen atoms in total. The van der Waals surface area contributed by atoms with E-state index in [0.717, 1.165) is 12.1 Å². The van der Waals surface area contributed by atoms with Crippen LogP contribution in [0.4, 0.5) is 4.39 Å². The number of para-hydroxylation sites is 1. The Balaban J connectivity index is 1.99. The fourth-order valence-electron chi connectivity index (χ4n) is 2.00. The lowest BCUT2D eigenvalue weighted by Gasteiger charge is -2.05. The number of nitrogens with one attached hydrogen (secondary N) is 1. The number of benzene rings is 1. The van der Waals surface area contributed by atoms with E-state index in [1.807, 2.05) is 21.4 Å². The highest BCUT2D eigenvalue weighted by molar-refractivity contribution is 7.71. The van der Waals surface area contributed by atoms with E-state index in [4.69, 9.17) is 12.2 Å². The molecule has 0 aliphatic rings. The van der Waals surface area contributed by atoms with Gasteiger partial charge in [0.2, 0.25) is 0 Å². The van der Waals surface area contributed by atoms with Gasteiger partial charge >= 0.3 is 0 Å². The number of imidazole rings is 2. The molecule has 0 saturated carbocycles. The topological polar surface area (TPSA) is 38.5 Å². The van der Waals surface area contributed by atoms with Crippen LogP contribution in [0.1, 0.15) is 0 Å². The molecule has 0 spiro atoms. The predicted molar refractivity (Wildman–Crippen MR) is 69.3 cm³/mol. The normalized spacial score (nSPS) is 11.2. The Morgan fingerprint density at radius 3 is 3.00 bits per heavy atom. The van der Waals surface area contributed by atoms with Crippen LogP contribution in [0.15, 0.2) is 36.9 Å². The van der Waals surface area contributed by atoms with E-state index in [2.05, 4.69) is 9.97 Å². The monoisotopic (exact) mass is 262 g/mol. The third kappa shape index (κ3) is 1.84. The van der Waals surface area contributed by atoms with E-state index < -0.39 is 0 Å². The van der Waals surface area contributed by atoms with E-state index in [9.17, 15) is 4.39 Å². The van der Waals surface area contributed by atoms with E-state index in [0.29, 0.717) is 16.8 Å². The Morgan fingerprint density at radius 1 is 1.33 bits per heavy atom. The average molecular weight is 262 g/mol. The highest BCUT2D eigenvalue weighted by atomic mass is 32.1. The standard InChI is InChI=1S/C12H11FN4S/c13-9-2-1-3-10-11(9)15-12(18)17(10)7-6-16-5-4-14-8-16/h1-5,8H,6-7H2,(H,15,18). The van der Waals surface area contributed by atoms with Gasteiger partial charge in [-0.25, -0.2) is 9.37 Å². The summed E-state index contributed by atoms with van der Waals surface area (Å²) in [6, 6.07) is 4.97. The molecule has 2 heterocycles. The quantitative estimate of drug-likeness (QED) is 0.737. The number of H-pyrrole nitrogens is 1. The summed E-state index contributed by atoms with van der Waals surface area (Å²) >= 11 is 5.22. The molecule has 0 bridgehead atoms. The summed E-state index contributed by atoms with van der Waals surface area (Å²) in [6.45, 7) is 1.43. The molecule has 3 rings (SSSR count). The number of hydrogen-bond donors (Lipinski definition) is 1. The first-order valence-corrected chi connectivity index (χ1v) is 5.99. The fourth-order valence-corrected chi connectivity index (χ4v) is 2.29. The molecule has 6 heteroatoms. The second-order valence-electron chi connectivity index (χ2n) is 4.02. The molecule has 1 N–H and O–H groups in total. The molecule has 1 aromatic carbocycles. The molecule has 0 aliphatic carbocycles. The van der Waals surface area contributed by atoms with Crippen molar-refractivity contribution in [2.24, 2.45) is 0 Å². The van der Waals surface area contributed by atoms with Crippen molar-refractivity contribution in [1.82, 2.24) is 19.1 Å². The minimum absolute atomic E-state index is 0.278. The maximum atomic E-state index is 13.6. The molecule has 0 aliphatic heterocycles. The van der Waals surface area contributed by atoms with Crippen molar-refractivity contribution in [3.05, 3.63) is 47.5 Å². The summed E-state index contributed by atoms with van der Waals surface area (Å²) in [7, 11) is 0. The molecule has 0 unspecified atom stereocenters. The van der Waals surface area contributed by atoms with Gasteiger partial charge in [0.15, 0.2) is 4.77 Å². The number of aromatic nitrogens is 4. The zero-order valence-corrected chi connectivity index (χ0v) is 10.3. The second-order valence-corrected chi connectivity index (χ2v) is 4.40. The minimum Gasteiger partial charge on any atom is -0.336 e. The Morgan fingerprint density at radius 2 is 2.22 bits per heavy atom.